The van der Waals surface area contributed by atoms with Gasteiger partial charge in [0, 0.05) is 41.9 Å². The second-order valence-electron chi connectivity index (χ2n) is 12.3. The highest BCUT2D eigenvalue weighted by molar-refractivity contribution is 6.72. The molecular weight excluding hydrogens is 552 g/mol. The van der Waals surface area contributed by atoms with Crippen LogP contribution in [0.15, 0.2) is 67.0 Å². The second-order valence-corrected chi connectivity index (χ2v) is 16.8. The van der Waals surface area contributed by atoms with Crippen molar-refractivity contribution in [3.05, 3.63) is 89.8 Å². The van der Waals surface area contributed by atoms with Gasteiger partial charge in [0.2, 0.25) is 0 Å². The molecule has 0 radical (unpaired) electrons. The molecule has 0 aliphatic carbocycles. The molecule has 0 bridgehead atoms. The molecule has 2 aromatic carbocycles. The van der Waals surface area contributed by atoms with Gasteiger partial charge in [0.1, 0.15) is 11.6 Å². The molecule has 3 heterocycles. The van der Waals surface area contributed by atoms with Crippen LogP contribution >= 0.6 is 0 Å². The summed E-state index contributed by atoms with van der Waals surface area (Å²) in [5.74, 6) is -1.16. The van der Waals surface area contributed by atoms with E-state index in [0.717, 1.165) is 43.2 Å². The van der Waals surface area contributed by atoms with E-state index in [1.165, 1.54) is 18.3 Å². The van der Waals surface area contributed by atoms with E-state index in [1.807, 2.05) is 49.5 Å². The summed E-state index contributed by atoms with van der Waals surface area (Å²) in [6.07, 6.45) is 6.78. The van der Waals surface area contributed by atoms with E-state index in [1.54, 1.807) is 10.7 Å². The Bertz CT molecular complexity index is 1570. The predicted octanol–water partition coefficient (Wildman–Crippen LogP) is 7.38. The molecule has 0 saturated carbocycles. The molecule has 1 saturated heterocycles. The van der Waals surface area contributed by atoms with E-state index in [2.05, 4.69) is 34.5 Å². The number of amides is 1. The number of nitrogens with one attached hydrogen (secondary N) is 2. The molecule has 0 unspecified atom stereocenters. The molecule has 0 spiro atoms. The number of rotatable bonds is 10. The van der Waals surface area contributed by atoms with Crippen molar-refractivity contribution in [1.82, 2.24) is 9.61 Å². The average Bonchev–Trinajstić information content (AvgIpc) is 3.60. The van der Waals surface area contributed by atoms with Gasteiger partial charge in [0.25, 0.3) is 5.91 Å². The number of aromatic nitrogens is 2. The normalized spacial score (nSPS) is 15.8. The lowest BCUT2D eigenvalue weighted by molar-refractivity contribution is 0.102. The molecule has 3 N–H and O–H groups in total. The molecule has 42 heavy (non-hydrogen) atoms. The van der Waals surface area contributed by atoms with Gasteiger partial charge in [-0.15, -0.1) is 0 Å². The third-order valence-corrected chi connectivity index (χ3v) is 12.3. The highest BCUT2D eigenvalue weighted by Gasteiger charge is 2.37. The highest BCUT2D eigenvalue weighted by atomic mass is 28.4. The van der Waals surface area contributed by atoms with Gasteiger partial charge in [-0.3, -0.25) is 4.79 Å². The summed E-state index contributed by atoms with van der Waals surface area (Å²) in [5, 5.41) is 10.7. The largest absolute Gasteiger partial charge is 0.432 e. The first-order valence-corrected chi connectivity index (χ1v) is 17.4. The number of hydrogen-bond donors (Lipinski definition) is 3. The number of hydrogen-bond acceptors (Lipinski definition) is 5. The minimum Gasteiger partial charge on any atom is -0.432 e. The van der Waals surface area contributed by atoms with Crippen LogP contribution in [0.3, 0.4) is 0 Å². The van der Waals surface area contributed by atoms with E-state index >= 15 is 0 Å². The van der Waals surface area contributed by atoms with Crippen molar-refractivity contribution in [3.63, 3.8) is 0 Å². The van der Waals surface area contributed by atoms with Gasteiger partial charge in [0.05, 0.1) is 23.3 Å². The minimum absolute atomic E-state index is 0.0445. The summed E-state index contributed by atoms with van der Waals surface area (Å²) in [7, 11) is -2.21. The monoisotopic (exact) mass is 591 g/mol. The molecule has 1 aliphatic rings. The Morgan fingerprint density at radius 2 is 1.83 bits per heavy atom. The number of pyridine rings is 1. The number of benzene rings is 2. The smallest absolute Gasteiger partial charge is 0.259 e. The fourth-order valence-corrected chi connectivity index (χ4v) is 6.22. The maximum atomic E-state index is 14.6. The maximum absolute atomic E-state index is 14.6. The fourth-order valence-electron chi connectivity index (χ4n) is 5.43. The number of anilines is 3. The first-order valence-electron chi connectivity index (χ1n) is 14.5. The van der Waals surface area contributed by atoms with Crippen LogP contribution in [0.4, 0.5) is 25.8 Å². The van der Waals surface area contributed by atoms with Gasteiger partial charge in [-0.2, -0.15) is 5.10 Å². The van der Waals surface area contributed by atoms with Crippen molar-refractivity contribution < 1.29 is 18.4 Å². The highest BCUT2D eigenvalue weighted by Crippen LogP contribution is 2.40. The van der Waals surface area contributed by atoms with Gasteiger partial charge in [-0.05, 0) is 98.4 Å². The summed E-state index contributed by atoms with van der Waals surface area (Å²) in [5.41, 5.74) is 3.84. The first-order chi connectivity index (χ1) is 19.9. The Labute approximate surface area is 246 Å². The zero-order chi connectivity index (χ0) is 30.1. The lowest BCUT2D eigenvalue weighted by Crippen LogP contribution is -2.39. The average molecular weight is 592 g/mol. The van der Waals surface area contributed by atoms with Crippen molar-refractivity contribution in [2.24, 2.45) is 0 Å². The number of fused-ring (bicyclic) bond motifs is 1. The van der Waals surface area contributed by atoms with Crippen molar-refractivity contribution in [1.29, 1.82) is 0 Å². The Morgan fingerprint density at radius 3 is 2.57 bits per heavy atom. The molecule has 1 fully saturated rings. The van der Waals surface area contributed by atoms with Gasteiger partial charge in [-0.25, -0.2) is 13.3 Å². The topological polar surface area (TPSA) is 81.9 Å². The molecular formula is C32H39F2N5O2Si. The van der Waals surface area contributed by atoms with Crippen LogP contribution in [0.1, 0.15) is 61.5 Å². The van der Waals surface area contributed by atoms with Gasteiger partial charge < -0.3 is 20.3 Å². The standard InChI is InChI=1S/C32H39F2N5O2Si/c1-32(2,42(3,4)41)15-6-16-35-23-9-11-24(12-10-23)37-31(40)27-21-36-39-18-14-25(20-30(27)39)38-17-5-7-29(38)26-19-22(33)8-13-28(26)34/h8-14,18-21,29,35,41H,5-7,15-17H2,1-4H3,(H,37,40)/t29-/m1/s1. The van der Waals surface area contributed by atoms with Crippen LogP contribution in [0, 0.1) is 11.6 Å². The maximum Gasteiger partial charge on any atom is 0.259 e. The van der Waals surface area contributed by atoms with Crippen molar-refractivity contribution >= 4 is 36.8 Å². The first kappa shape index (κ1) is 29.7. The Kier molecular flexibility index (Phi) is 8.38. The molecule has 7 nitrogen and oxygen atoms in total. The molecule has 2 aromatic heterocycles. The van der Waals surface area contributed by atoms with Crippen LogP contribution in [0.2, 0.25) is 18.1 Å². The third-order valence-electron chi connectivity index (χ3n) is 8.76. The number of carbonyl (C=O) groups excluding carboxylic acids is 1. The number of halogens is 2. The van der Waals surface area contributed by atoms with Crippen molar-refractivity contribution in [2.45, 2.75) is 63.7 Å². The number of nitrogens with zero attached hydrogens (tertiary/aromatic N) is 3. The van der Waals surface area contributed by atoms with Crippen LogP contribution in [-0.2, 0) is 0 Å². The zero-order valence-electron chi connectivity index (χ0n) is 24.6. The summed E-state index contributed by atoms with van der Waals surface area (Å²) in [6.45, 7) is 9.75. The van der Waals surface area contributed by atoms with Crippen LogP contribution in [0.5, 0.6) is 0 Å². The molecule has 1 aliphatic heterocycles. The van der Waals surface area contributed by atoms with Gasteiger partial charge in [-0.1, -0.05) is 13.8 Å². The van der Waals surface area contributed by atoms with Crippen LogP contribution in [-0.4, -0.2) is 41.7 Å². The van der Waals surface area contributed by atoms with Gasteiger partial charge in [0.15, 0.2) is 8.32 Å². The molecule has 4 aromatic rings. The molecule has 222 valence electrons. The Morgan fingerprint density at radius 1 is 1.10 bits per heavy atom. The second kappa shape index (κ2) is 11.8. The predicted molar refractivity (Wildman–Crippen MR) is 167 cm³/mol. The third kappa shape index (κ3) is 6.34. The van der Waals surface area contributed by atoms with Crippen LogP contribution in [0.25, 0.3) is 5.52 Å². The molecule has 1 amide bonds. The SMILES string of the molecule is CC(C)(CCCNc1ccc(NC(=O)c2cnn3ccc(N4CCC[C@@H]4c4cc(F)ccc4F)cc23)cc1)[Si](C)(C)O. The number of carbonyl (C=O) groups is 1. The summed E-state index contributed by atoms with van der Waals surface area (Å²) in [6, 6.07) is 14.6. The fraction of sp³-hybridized carbons (Fsp3) is 0.375. The van der Waals surface area contributed by atoms with Crippen molar-refractivity contribution in [2.75, 3.05) is 28.6 Å². The summed E-state index contributed by atoms with van der Waals surface area (Å²) in [4.78, 5) is 25.8. The quantitative estimate of drug-likeness (QED) is 0.132. The van der Waals surface area contributed by atoms with Crippen molar-refractivity contribution in [3.8, 4) is 0 Å². The minimum atomic E-state index is -2.21. The Hall–Kier alpha value is -3.76. The molecule has 5 rings (SSSR count). The van der Waals surface area contributed by atoms with E-state index in [4.69, 9.17) is 0 Å². The van der Waals surface area contributed by atoms with E-state index in [-0.39, 0.29) is 17.0 Å². The molecule has 10 heteroatoms. The lowest BCUT2D eigenvalue weighted by Gasteiger charge is -2.35. The van der Waals surface area contributed by atoms with Gasteiger partial charge >= 0.3 is 0 Å². The van der Waals surface area contributed by atoms with E-state index in [9.17, 15) is 18.4 Å². The molecule has 1 atom stereocenters. The van der Waals surface area contributed by atoms with Crippen LogP contribution < -0.4 is 15.5 Å². The van der Waals surface area contributed by atoms with E-state index in [0.29, 0.717) is 35.3 Å². The summed E-state index contributed by atoms with van der Waals surface area (Å²) >= 11 is 0. The lowest BCUT2D eigenvalue weighted by atomic mass is 10.0. The Balaban J connectivity index is 1.24. The van der Waals surface area contributed by atoms with E-state index < -0.39 is 20.0 Å². The zero-order valence-corrected chi connectivity index (χ0v) is 25.6. The summed E-state index contributed by atoms with van der Waals surface area (Å²) < 4.78 is 30.2.